The number of nitrogens with one attached hydrogen (secondary N) is 1. The van der Waals surface area contributed by atoms with E-state index in [4.69, 9.17) is 16.3 Å². The predicted octanol–water partition coefficient (Wildman–Crippen LogP) is 3.90. The molecule has 0 aromatic heterocycles. The molecule has 1 rings (SSSR count). The van der Waals surface area contributed by atoms with Gasteiger partial charge in [-0.15, -0.1) is 0 Å². The zero-order valence-electron chi connectivity index (χ0n) is 11.1. The molecule has 1 aromatic carbocycles. The van der Waals surface area contributed by atoms with E-state index in [1.165, 1.54) is 6.08 Å². The number of carbonyl (C=O) groups excluding carboxylic acids is 2. The van der Waals surface area contributed by atoms with Gasteiger partial charge in [-0.25, -0.2) is 4.79 Å². The maximum absolute atomic E-state index is 11.7. The first kappa shape index (κ1) is 15.2. The van der Waals surface area contributed by atoms with Crippen molar-refractivity contribution in [1.29, 1.82) is 0 Å². The van der Waals surface area contributed by atoms with E-state index in [0.29, 0.717) is 22.6 Å². The third-order valence-corrected chi connectivity index (χ3v) is 2.24. The van der Waals surface area contributed by atoms with Crippen LogP contribution in [0.1, 0.15) is 26.3 Å². The number of benzene rings is 1. The number of halogens is 1. The molecule has 0 aliphatic carbocycles. The lowest BCUT2D eigenvalue weighted by Gasteiger charge is -2.20. The van der Waals surface area contributed by atoms with Gasteiger partial charge in [-0.3, -0.25) is 10.1 Å². The molecule has 0 atom stereocenters. The standard InChI is InChI=1S/C14H16ClNO3/c1-14(2,3)19-13(18)16-12-7-6-11(15)9-10(12)5-4-8-17/h4-9H,1-3H3,(H,16,18)/b5-4+. The van der Waals surface area contributed by atoms with Crippen LogP contribution in [0.3, 0.4) is 0 Å². The Hall–Kier alpha value is -1.81. The maximum Gasteiger partial charge on any atom is 0.412 e. The summed E-state index contributed by atoms with van der Waals surface area (Å²) < 4.78 is 5.15. The fraction of sp³-hybridized carbons (Fsp3) is 0.286. The van der Waals surface area contributed by atoms with Crippen molar-refractivity contribution in [3.8, 4) is 0 Å². The molecule has 0 heterocycles. The SMILES string of the molecule is CC(C)(C)OC(=O)Nc1ccc(Cl)cc1/C=C/C=O. The number of rotatable bonds is 3. The highest BCUT2D eigenvalue weighted by Crippen LogP contribution is 2.22. The third kappa shape index (κ3) is 5.57. The predicted molar refractivity (Wildman–Crippen MR) is 76.4 cm³/mol. The van der Waals surface area contributed by atoms with Crippen molar-refractivity contribution in [3.05, 3.63) is 34.9 Å². The highest BCUT2D eigenvalue weighted by molar-refractivity contribution is 6.30. The van der Waals surface area contributed by atoms with Gasteiger partial charge in [0.2, 0.25) is 0 Å². The van der Waals surface area contributed by atoms with Crippen LogP contribution >= 0.6 is 11.6 Å². The zero-order chi connectivity index (χ0) is 14.5. The average molecular weight is 282 g/mol. The van der Waals surface area contributed by atoms with E-state index in [9.17, 15) is 9.59 Å². The Morgan fingerprint density at radius 1 is 1.37 bits per heavy atom. The minimum Gasteiger partial charge on any atom is -0.444 e. The van der Waals surface area contributed by atoms with Gasteiger partial charge in [0.05, 0.1) is 5.69 Å². The fourth-order valence-electron chi connectivity index (χ4n) is 1.34. The molecular formula is C14H16ClNO3. The smallest absolute Gasteiger partial charge is 0.412 e. The van der Waals surface area contributed by atoms with Gasteiger partial charge in [-0.05, 0) is 56.7 Å². The number of hydrogen-bond donors (Lipinski definition) is 1. The highest BCUT2D eigenvalue weighted by atomic mass is 35.5. The van der Waals surface area contributed by atoms with Crippen LogP contribution in [0.15, 0.2) is 24.3 Å². The molecular weight excluding hydrogens is 266 g/mol. The molecule has 4 nitrogen and oxygen atoms in total. The van der Waals surface area contributed by atoms with Crippen molar-refractivity contribution in [1.82, 2.24) is 0 Å². The molecule has 0 spiro atoms. The van der Waals surface area contributed by atoms with Gasteiger partial charge in [0, 0.05) is 5.02 Å². The van der Waals surface area contributed by atoms with Gasteiger partial charge in [0.25, 0.3) is 0 Å². The number of amides is 1. The topological polar surface area (TPSA) is 55.4 Å². The molecule has 0 radical (unpaired) electrons. The maximum atomic E-state index is 11.7. The summed E-state index contributed by atoms with van der Waals surface area (Å²) in [5.74, 6) is 0. The quantitative estimate of drug-likeness (QED) is 0.675. The third-order valence-electron chi connectivity index (χ3n) is 2.00. The molecule has 0 bridgehead atoms. The van der Waals surface area contributed by atoms with Gasteiger partial charge >= 0.3 is 6.09 Å². The van der Waals surface area contributed by atoms with Crippen LogP contribution < -0.4 is 5.32 Å². The molecule has 0 aliphatic heterocycles. The summed E-state index contributed by atoms with van der Waals surface area (Å²) >= 11 is 5.87. The van der Waals surface area contributed by atoms with E-state index in [1.54, 1.807) is 45.0 Å². The van der Waals surface area contributed by atoms with Gasteiger partial charge < -0.3 is 4.74 Å². The van der Waals surface area contributed by atoms with Crippen LogP contribution in [0.2, 0.25) is 5.02 Å². The van der Waals surface area contributed by atoms with E-state index in [1.807, 2.05) is 0 Å². The zero-order valence-corrected chi connectivity index (χ0v) is 11.8. The van der Waals surface area contributed by atoms with Crippen LogP contribution in [0.4, 0.5) is 10.5 Å². The lowest BCUT2D eigenvalue weighted by Crippen LogP contribution is -2.27. The molecule has 0 aliphatic rings. The Kier molecular flexibility index (Phi) is 5.12. The van der Waals surface area contributed by atoms with Crippen molar-refractivity contribution in [2.75, 3.05) is 5.32 Å². The van der Waals surface area contributed by atoms with Gasteiger partial charge in [0.1, 0.15) is 11.9 Å². The summed E-state index contributed by atoms with van der Waals surface area (Å²) in [5.41, 5.74) is 0.581. The molecule has 1 aromatic rings. The van der Waals surface area contributed by atoms with E-state index < -0.39 is 11.7 Å². The summed E-state index contributed by atoms with van der Waals surface area (Å²) in [7, 11) is 0. The molecule has 102 valence electrons. The largest absolute Gasteiger partial charge is 0.444 e. The van der Waals surface area contributed by atoms with Crippen LogP contribution in [0.5, 0.6) is 0 Å². The van der Waals surface area contributed by atoms with E-state index >= 15 is 0 Å². The minimum absolute atomic E-state index is 0.514. The van der Waals surface area contributed by atoms with Gasteiger partial charge in [-0.2, -0.15) is 0 Å². The Labute approximate surface area is 117 Å². The number of anilines is 1. The summed E-state index contributed by atoms with van der Waals surface area (Å²) in [6.07, 6.45) is 2.98. The molecule has 0 saturated heterocycles. The Morgan fingerprint density at radius 2 is 2.05 bits per heavy atom. The Balaban J connectivity index is 2.91. The number of allylic oxidation sites excluding steroid dienone is 1. The summed E-state index contributed by atoms with van der Waals surface area (Å²) in [5, 5.41) is 3.13. The van der Waals surface area contributed by atoms with E-state index in [2.05, 4.69) is 5.32 Å². The molecule has 0 unspecified atom stereocenters. The second-order valence-electron chi connectivity index (χ2n) is 4.85. The van der Waals surface area contributed by atoms with Gasteiger partial charge in [-0.1, -0.05) is 11.6 Å². The molecule has 1 amide bonds. The molecule has 0 saturated carbocycles. The van der Waals surface area contributed by atoms with Crippen molar-refractivity contribution in [2.45, 2.75) is 26.4 Å². The first-order valence-corrected chi connectivity index (χ1v) is 6.11. The normalized spacial score (nSPS) is 11.4. The first-order chi connectivity index (χ1) is 8.81. The first-order valence-electron chi connectivity index (χ1n) is 5.73. The molecule has 0 fully saturated rings. The second kappa shape index (κ2) is 6.38. The molecule has 19 heavy (non-hydrogen) atoms. The second-order valence-corrected chi connectivity index (χ2v) is 5.29. The lowest BCUT2D eigenvalue weighted by molar-refractivity contribution is -0.104. The van der Waals surface area contributed by atoms with Crippen molar-refractivity contribution >= 4 is 35.7 Å². The lowest BCUT2D eigenvalue weighted by atomic mass is 10.1. The highest BCUT2D eigenvalue weighted by Gasteiger charge is 2.16. The Morgan fingerprint density at radius 3 is 2.63 bits per heavy atom. The van der Waals surface area contributed by atoms with Crippen molar-refractivity contribution in [3.63, 3.8) is 0 Å². The van der Waals surface area contributed by atoms with Gasteiger partial charge in [0.15, 0.2) is 0 Å². The number of hydrogen-bond acceptors (Lipinski definition) is 3. The minimum atomic E-state index is -0.574. The number of aldehydes is 1. The van der Waals surface area contributed by atoms with Crippen molar-refractivity contribution in [2.24, 2.45) is 0 Å². The molecule has 5 heteroatoms. The molecule has 1 N–H and O–H groups in total. The van der Waals surface area contributed by atoms with Crippen LogP contribution in [0.25, 0.3) is 6.08 Å². The summed E-state index contributed by atoms with van der Waals surface area (Å²) in [6, 6.07) is 4.94. The van der Waals surface area contributed by atoms with Crippen LogP contribution in [-0.4, -0.2) is 18.0 Å². The van der Waals surface area contributed by atoms with Crippen molar-refractivity contribution < 1.29 is 14.3 Å². The van der Waals surface area contributed by atoms with E-state index in [0.717, 1.165) is 0 Å². The van der Waals surface area contributed by atoms with E-state index in [-0.39, 0.29) is 0 Å². The summed E-state index contributed by atoms with van der Waals surface area (Å²) in [6.45, 7) is 5.34. The summed E-state index contributed by atoms with van der Waals surface area (Å²) in [4.78, 5) is 22.0. The monoisotopic (exact) mass is 281 g/mol. The fourth-order valence-corrected chi connectivity index (χ4v) is 1.52. The Bertz CT molecular complexity index is 504. The number of carbonyl (C=O) groups is 2. The number of ether oxygens (including phenoxy) is 1. The van der Waals surface area contributed by atoms with Crippen LogP contribution in [0, 0.1) is 0 Å². The van der Waals surface area contributed by atoms with Crippen LogP contribution in [-0.2, 0) is 9.53 Å². The average Bonchev–Trinajstić information content (AvgIpc) is 2.27.